The molecule has 0 aliphatic carbocycles. The van der Waals surface area contributed by atoms with Crippen molar-refractivity contribution >= 4 is 16.7 Å². The summed E-state index contributed by atoms with van der Waals surface area (Å²) in [7, 11) is 1.68. The standard InChI is InChI=1S/C22H28N2O3/c1-22(7-9-23-10-8-22)21(25)24-11-12-27-20(15-24)18-4-3-17-14-19(26-2)6-5-16(17)13-18/h3-6,13-14,20,23H,7-12,15H2,1-2H3/t20-/m1/s1. The van der Waals surface area contributed by atoms with E-state index in [9.17, 15) is 4.79 Å². The molecular weight excluding hydrogens is 340 g/mol. The number of morpholine rings is 1. The van der Waals surface area contributed by atoms with Crippen LogP contribution in [0.1, 0.15) is 31.4 Å². The molecule has 0 radical (unpaired) electrons. The van der Waals surface area contributed by atoms with Crippen LogP contribution in [0.15, 0.2) is 36.4 Å². The van der Waals surface area contributed by atoms with E-state index in [1.54, 1.807) is 7.11 Å². The molecule has 2 aromatic rings. The summed E-state index contributed by atoms with van der Waals surface area (Å²) in [6.07, 6.45) is 1.75. The maximum atomic E-state index is 13.2. The highest BCUT2D eigenvalue weighted by atomic mass is 16.5. The largest absolute Gasteiger partial charge is 0.497 e. The minimum Gasteiger partial charge on any atom is -0.497 e. The van der Waals surface area contributed by atoms with Crippen LogP contribution in [0.4, 0.5) is 0 Å². The molecule has 2 aromatic carbocycles. The van der Waals surface area contributed by atoms with Crippen molar-refractivity contribution in [3.63, 3.8) is 0 Å². The van der Waals surface area contributed by atoms with Crippen LogP contribution >= 0.6 is 0 Å². The van der Waals surface area contributed by atoms with Gasteiger partial charge in [0.1, 0.15) is 11.9 Å². The highest BCUT2D eigenvalue weighted by molar-refractivity contribution is 5.85. The Bertz CT molecular complexity index is 829. The highest BCUT2D eigenvalue weighted by Crippen LogP contribution is 2.33. The number of nitrogens with zero attached hydrogens (tertiary/aromatic N) is 1. The van der Waals surface area contributed by atoms with Gasteiger partial charge in [-0.2, -0.15) is 0 Å². The number of hydrogen-bond donors (Lipinski definition) is 1. The topological polar surface area (TPSA) is 50.8 Å². The van der Waals surface area contributed by atoms with Gasteiger partial charge in [-0.25, -0.2) is 0 Å². The number of fused-ring (bicyclic) bond motifs is 1. The molecule has 5 nitrogen and oxygen atoms in total. The lowest BCUT2D eigenvalue weighted by atomic mass is 9.79. The first-order chi connectivity index (χ1) is 13.1. The molecule has 2 heterocycles. The Morgan fingerprint density at radius 1 is 1.19 bits per heavy atom. The highest BCUT2D eigenvalue weighted by Gasteiger charge is 2.39. The second-order valence-electron chi connectivity index (χ2n) is 7.89. The van der Waals surface area contributed by atoms with Crippen LogP contribution in [-0.4, -0.2) is 50.7 Å². The molecule has 0 saturated carbocycles. The van der Waals surface area contributed by atoms with Crippen LogP contribution in [0, 0.1) is 5.41 Å². The van der Waals surface area contributed by atoms with E-state index < -0.39 is 0 Å². The molecule has 144 valence electrons. The molecule has 5 heteroatoms. The van der Waals surface area contributed by atoms with Gasteiger partial charge in [-0.1, -0.05) is 25.1 Å². The number of amides is 1. The van der Waals surface area contributed by atoms with Gasteiger partial charge in [0, 0.05) is 12.0 Å². The maximum absolute atomic E-state index is 13.2. The third kappa shape index (κ3) is 3.66. The summed E-state index contributed by atoms with van der Waals surface area (Å²) < 4.78 is 11.3. The minimum absolute atomic E-state index is 0.0699. The van der Waals surface area contributed by atoms with Gasteiger partial charge < -0.3 is 19.7 Å². The third-order valence-corrected chi connectivity index (χ3v) is 6.02. The number of ether oxygens (including phenoxy) is 2. The van der Waals surface area contributed by atoms with E-state index in [-0.39, 0.29) is 17.4 Å². The SMILES string of the molecule is COc1ccc2cc([C@H]3CN(C(=O)C4(C)CCNCC4)CCO3)ccc2c1. The van der Waals surface area contributed by atoms with Crippen molar-refractivity contribution in [3.8, 4) is 5.75 Å². The zero-order chi connectivity index (χ0) is 18.9. The van der Waals surface area contributed by atoms with E-state index >= 15 is 0 Å². The van der Waals surface area contributed by atoms with Gasteiger partial charge in [-0.3, -0.25) is 4.79 Å². The number of methoxy groups -OCH3 is 1. The van der Waals surface area contributed by atoms with Crippen molar-refractivity contribution in [2.75, 3.05) is 39.9 Å². The average molecular weight is 368 g/mol. The van der Waals surface area contributed by atoms with Crippen molar-refractivity contribution in [1.29, 1.82) is 0 Å². The Hall–Kier alpha value is -2.11. The van der Waals surface area contributed by atoms with Crippen molar-refractivity contribution in [1.82, 2.24) is 10.2 Å². The van der Waals surface area contributed by atoms with E-state index in [1.807, 2.05) is 17.0 Å². The van der Waals surface area contributed by atoms with E-state index in [1.165, 1.54) is 0 Å². The first kappa shape index (κ1) is 18.3. The van der Waals surface area contributed by atoms with Crippen molar-refractivity contribution < 1.29 is 14.3 Å². The number of piperidine rings is 1. The molecule has 0 unspecified atom stereocenters. The van der Waals surface area contributed by atoms with Crippen LogP contribution < -0.4 is 10.1 Å². The molecule has 2 saturated heterocycles. The molecule has 1 amide bonds. The summed E-state index contributed by atoms with van der Waals surface area (Å²) in [5.41, 5.74) is 0.883. The Morgan fingerprint density at radius 3 is 2.70 bits per heavy atom. The summed E-state index contributed by atoms with van der Waals surface area (Å²) in [6.45, 7) is 5.86. The average Bonchev–Trinajstić information content (AvgIpc) is 2.73. The number of rotatable bonds is 3. The molecule has 1 atom stereocenters. The lowest BCUT2D eigenvalue weighted by Crippen LogP contribution is -2.51. The van der Waals surface area contributed by atoms with E-state index in [2.05, 4.69) is 36.5 Å². The van der Waals surface area contributed by atoms with Crippen molar-refractivity contribution in [2.24, 2.45) is 5.41 Å². The zero-order valence-electron chi connectivity index (χ0n) is 16.2. The number of carbonyl (C=O) groups excluding carboxylic acids is 1. The van der Waals surface area contributed by atoms with Gasteiger partial charge in [0.25, 0.3) is 0 Å². The minimum atomic E-state index is -0.243. The summed E-state index contributed by atoms with van der Waals surface area (Å²) in [4.78, 5) is 15.2. The fourth-order valence-corrected chi connectivity index (χ4v) is 4.18. The summed E-state index contributed by atoms with van der Waals surface area (Å²) in [5.74, 6) is 1.14. The molecule has 4 rings (SSSR count). The van der Waals surface area contributed by atoms with Crippen LogP contribution in [0.3, 0.4) is 0 Å². The summed E-state index contributed by atoms with van der Waals surface area (Å²) >= 11 is 0. The van der Waals surface area contributed by atoms with E-state index in [0.717, 1.165) is 48.0 Å². The molecular formula is C22H28N2O3. The van der Waals surface area contributed by atoms with Crippen LogP contribution in [0.2, 0.25) is 0 Å². The number of nitrogens with one attached hydrogen (secondary N) is 1. The van der Waals surface area contributed by atoms with Crippen LogP contribution in [0.25, 0.3) is 10.8 Å². The van der Waals surface area contributed by atoms with E-state index in [0.29, 0.717) is 19.7 Å². The Balaban J connectivity index is 1.52. The van der Waals surface area contributed by atoms with E-state index in [4.69, 9.17) is 9.47 Å². The van der Waals surface area contributed by atoms with Gasteiger partial charge in [0.15, 0.2) is 0 Å². The second-order valence-corrected chi connectivity index (χ2v) is 7.89. The van der Waals surface area contributed by atoms with Crippen molar-refractivity contribution in [3.05, 3.63) is 42.0 Å². The molecule has 27 heavy (non-hydrogen) atoms. The fraction of sp³-hybridized carbons (Fsp3) is 0.500. The molecule has 2 aliphatic heterocycles. The van der Waals surface area contributed by atoms with Crippen LogP contribution in [-0.2, 0) is 9.53 Å². The van der Waals surface area contributed by atoms with Crippen molar-refractivity contribution in [2.45, 2.75) is 25.9 Å². The fourth-order valence-electron chi connectivity index (χ4n) is 4.18. The lowest BCUT2D eigenvalue weighted by Gasteiger charge is -2.41. The van der Waals surface area contributed by atoms with Gasteiger partial charge >= 0.3 is 0 Å². The molecule has 2 aliphatic rings. The van der Waals surface area contributed by atoms with Gasteiger partial charge in [0.2, 0.25) is 5.91 Å². The van der Waals surface area contributed by atoms with Gasteiger partial charge in [-0.15, -0.1) is 0 Å². The first-order valence-corrected chi connectivity index (χ1v) is 9.78. The number of hydrogen-bond acceptors (Lipinski definition) is 4. The normalized spacial score (nSPS) is 22.6. The smallest absolute Gasteiger partial charge is 0.228 e. The predicted molar refractivity (Wildman–Crippen MR) is 106 cm³/mol. The maximum Gasteiger partial charge on any atom is 0.228 e. The summed E-state index contributed by atoms with van der Waals surface area (Å²) in [6, 6.07) is 12.5. The second kappa shape index (κ2) is 7.49. The van der Waals surface area contributed by atoms with Gasteiger partial charge in [-0.05, 0) is 60.5 Å². The molecule has 0 aromatic heterocycles. The van der Waals surface area contributed by atoms with Gasteiger partial charge in [0.05, 0.1) is 20.3 Å². The zero-order valence-corrected chi connectivity index (χ0v) is 16.2. The Labute approximate surface area is 160 Å². The summed E-state index contributed by atoms with van der Waals surface area (Å²) in [5, 5.41) is 5.65. The third-order valence-electron chi connectivity index (χ3n) is 6.02. The monoisotopic (exact) mass is 368 g/mol. The molecule has 2 fully saturated rings. The Morgan fingerprint density at radius 2 is 1.93 bits per heavy atom. The first-order valence-electron chi connectivity index (χ1n) is 9.78. The lowest BCUT2D eigenvalue weighted by molar-refractivity contribution is -0.150. The predicted octanol–water partition coefficient (Wildman–Crippen LogP) is 3.14. The number of benzene rings is 2. The van der Waals surface area contributed by atoms with Crippen LogP contribution in [0.5, 0.6) is 5.75 Å². The quantitative estimate of drug-likeness (QED) is 0.904. The molecule has 0 bridgehead atoms. The number of carbonyl (C=O) groups is 1. The Kier molecular flexibility index (Phi) is 5.06. The molecule has 1 N–H and O–H groups in total. The molecule has 0 spiro atoms.